The van der Waals surface area contributed by atoms with Crippen LogP contribution in [0.4, 0.5) is 14.9 Å². The van der Waals surface area contributed by atoms with Crippen molar-refractivity contribution < 1.29 is 19.1 Å². The number of nitrogens with one attached hydrogen (secondary N) is 2. The third-order valence-corrected chi connectivity index (χ3v) is 4.17. The van der Waals surface area contributed by atoms with Gasteiger partial charge in [-0.1, -0.05) is 0 Å². The number of anilines is 1. The van der Waals surface area contributed by atoms with E-state index >= 15 is 0 Å². The van der Waals surface area contributed by atoms with Crippen LogP contribution < -0.4 is 10.6 Å². The number of urea groups is 1. The lowest BCUT2D eigenvalue weighted by Gasteiger charge is -2.22. The molecule has 1 atom stereocenters. The van der Waals surface area contributed by atoms with Gasteiger partial charge >= 0.3 is 12.0 Å². The van der Waals surface area contributed by atoms with Gasteiger partial charge in [0.05, 0.1) is 11.3 Å². The molecule has 1 aliphatic heterocycles. The number of carboxylic acids is 1. The molecule has 0 spiro atoms. The van der Waals surface area contributed by atoms with E-state index in [4.69, 9.17) is 5.11 Å². The molecule has 3 N–H and O–H groups in total. The van der Waals surface area contributed by atoms with Crippen LogP contribution in [-0.4, -0.2) is 34.7 Å². The van der Waals surface area contributed by atoms with Gasteiger partial charge in [-0.05, 0) is 36.8 Å². The molecule has 1 aromatic carbocycles. The molecule has 1 aromatic rings. The second-order valence-electron chi connectivity index (χ2n) is 4.51. The average Bonchev–Trinajstić information content (AvgIpc) is 2.39. The highest BCUT2D eigenvalue weighted by Gasteiger charge is 2.18. The van der Waals surface area contributed by atoms with Gasteiger partial charge in [-0.25, -0.2) is 14.0 Å². The summed E-state index contributed by atoms with van der Waals surface area (Å²) in [5.74, 6) is 0.113. The molecule has 0 aliphatic carbocycles. The summed E-state index contributed by atoms with van der Waals surface area (Å²) in [4.78, 5) is 22.8. The fourth-order valence-electron chi connectivity index (χ4n) is 2.00. The minimum atomic E-state index is -1.21. The zero-order valence-electron chi connectivity index (χ0n) is 10.7. The van der Waals surface area contributed by atoms with Crippen LogP contribution in [-0.2, 0) is 0 Å². The number of amides is 2. The number of carbonyl (C=O) groups excluding carboxylic acids is 1. The minimum absolute atomic E-state index is 0.0431. The molecule has 0 bridgehead atoms. The molecule has 1 aliphatic rings. The Labute approximate surface area is 119 Å². The maximum atomic E-state index is 13.2. The van der Waals surface area contributed by atoms with E-state index in [9.17, 15) is 14.0 Å². The highest BCUT2D eigenvalue weighted by Crippen LogP contribution is 2.19. The fourth-order valence-corrected chi connectivity index (χ4v) is 3.08. The number of rotatable bonds is 3. The van der Waals surface area contributed by atoms with Crippen molar-refractivity contribution in [3.05, 3.63) is 29.6 Å². The van der Waals surface area contributed by atoms with Crippen LogP contribution in [0.15, 0.2) is 18.2 Å². The molecule has 0 radical (unpaired) electrons. The zero-order chi connectivity index (χ0) is 14.5. The van der Waals surface area contributed by atoms with E-state index in [-0.39, 0.29) is 17.3 Å². The van der Waals surface area contributed by atoms with Gasteiger partial charge in [-0.3, -0.25) is 0 Å². The summed E-state index contributed by atoms with van der Waals surface area (Å²) in [6.45, 7) is 0. The minimum Gasteiger partial charge on any atom is -0.478 e. The van der Waals surface area contributed by atoms with Crippen LogP contribution in [0.3, 0.4) is 0 Å². The first-order valence-electron chi connectivity index (χ1n) is 6.24. The molecule has 20 heavy (non-hydrogen) atoms. The summed E-state index contributed by atoms with van der Waals surface area (Å²) in [5, 5.41) is 14.2. The first-order valence-corrected chi connectivity index (χ1v) is 7.40. The van der Waals surface area contributed by atoms with Gasteiger partial charge in [0, 0.05) is 11.8 Å². The molecule has 2 rings (SSSR count). The Morgan fingerprint density at radius 3 is 2.85 bits per heavy atom. The van der Waals surface area contributed by atoms with Gasteiger partial charge < -0.3 is 15.7 Å². The molecule has 1 fully saturated rings. The second-order valence-corrected chi connectivity index (χ2v) is 5.66. The average molecular weight is 298 g/mol. The van der Waals surface area contributed by atoms with Crippen molar-refractivity contribution in [3.63, 3.8) is 0 Å². The molecule has 0 aromatic heterocycles. The maximum Gasteiger partial charge on any atom is 0.337 e. The molecule has 2 amide bonds. The zero-order valence-corrected chi connectivity index (χ0v) is 11.5. The third-order valence-electron chi connectivity index (χ3n) is 2.96. The predicted octanol–water partition coefficient (Wildman–Crippen LogP) is 2.54. The molecule has 1 heterocycles. The van der Waals surface area contributed by atoms with Crippen LogP contribution >= 0.6 is 11.8 Å². The van der Waals surface area contributed by atoms with Crippen LogP contribution in [0.25, 0.3) is 0 Å². The number of benzene rings is 1. The monoisotopic (exact) mass is 298 g/mol. The van der Waals surface area contributed by atoms with E-state index in [0.29, 0.717) is 0 Å². The van der Waals surface area contributed by atoms with Crippen molar-refractivity contribution >= 4 is 29.4 Å². The lowest BCUT2D eigenvalue weighted by molar-refractivity contribution is 0.0698. The van der Waals surface area contributed by atoms with Crippen molar-refractivity contribution in [2.24, 2.45) is 0 Å². The van der Waals surface area contributed by atoms with Gasteiger partial charge in [0.15, 0.2) is 0 Å². The van der Waals surface area contributed by atoms with Gasteiger partial charge in [0.2, 0.25) is 0 Å². The van der Waals surface area contributed by atoms with E-state index in [1.54, 1.807) is 11.8 Å². The Bertz CT molecular complexity index is 518. The normalized spacial score (nSPS) is 18.4. The highest BCUT2D eigenvalue weighted by molar-refractivity contribution is 7.99. The Kier molecular flexibility index (Phi) is 4.84. The molecule has 7 heteroatoms. The smallest absolute Gasteiger partial charge is 0.337 e. The van der Waals surface area contributed by atoms with Crippen LogP contribution in [0, 0.1) is 5.82 Å². The quantitative estimate of drug-likeness (QED) is 0.801. The third kappa shape index (κ3) is 3.86. The number of halogens is 1. The summed E-state index contributed by atoms with van der Waals surface area (Å²) >= 11 is 1.77. The summed E-state index contributed by atoms with van der Waals surface area (Å²) in [5.41, 5.74) is -0.182. The van der Waals surface area contributed by atoms with Gasteiger partial charge in [0.25, 0.3) is 0 Å². The van der Waals surface area contributed by atoms with E-state index in [0.717, 1.165) is 42.5 Å². The molecule has 108 valence electrons. The predicted molar refractivity (Wildman–Crippen MR) is 75.9 cm³/mol. The van der Waals surface area contributed by atoms with E-state index in [1.165, 1.54) is 0 Å². The number of hydrogen-bond acceptors (Lipinski definition) is 3. The van der Waals surface area contributed by atoms with E-state index in [1.807, 2.05) is 0 Å². The fraction of sp³-hybridized carbons (Fsp3) is 0.385. The van der Waals surface area contributed by atoms with Gasteiger partial charge in [-0.15, -0.1) is 0 Å². The molecule has 5 nitrogen and oxygen atoms in total. The first kappa shape index (κ1) is 14.6. The van der Waals surface area contributed by atoms with Crippen molar-refractivity contribution in [1.82, 2.24) is 5.32 Å². The molecular weight excluding hydrogens is 283 g/mol. The van der Waals surface area contributed by atoms with Crippen molar-refractivity contribution in [2.45, 2.75) is 18.9 Å². The summed E-state index contributed by atoms with van der Waals surface area (Å²) in [6.07, 6.45) is 1.94. The van der Waals surface area contributed by atoms with E-state index in [2.05, 4.69) is 10.6 Å². The number of thioether (sulfide) groups is 1. The summed E-state index contributed by atoms with van der Waals surface area (Å²) < 4.78 is 13.2. The lowest BCUT2D eigenvalue weighted by atomic mass is 10.1. The molecule has 0 saturated carbocycles. The highest BCUT2D eigenvalue weighted by atomic mass is 32.2. The Morgan fingerprint density at radius 2 is 2.20 bits per heavy atom. The largest absolute Gasteiger partial charge is 0.478 e. The SMILES string of the molecule is O=C(Nc1cc(F)ccc1C(=O)O)NC1CCCSC1. The standard InChI is InChI=1S/C13H15FN2O3S/c14-8-3-4-10(12(17)18)11(6-8)16-13(19)15-9-2-1-5-20-7-9/h3-4,6,9H,1-2,5,7H2,(H,17,18)(H2,15,16,19). The number of aromatic carboxylic acids is 1. The Balaban J connectivity index is 2.03. The second kappa shape index (κ2) is 6.60. The summed E-state index contributed by atoms with van der Waals surface area (Å²) in [7, 11) is 0. The van der Waals surface area contributed by atoms with Crippen molar-refractivity contribution in [3.8, 4) is 0 Å². The van der Waals surface area contributed by atoms with Crippen LogP contribution in [0.5, 0.6) is 0 Å². The Hall–Kier alpha value is -1.76. The number of carboxylic acid groups (broad SMARTS) is 1. The molecular formula is C13H15FN2O3S. The topological polar surface area (TPSA) is 78.4 Å². The van der Waals surface area contributed by atoms with Gasteiger partial charge in [-0.2, -0.15) is 11.8 Å². The van der Waals surface area contributed by atoms with E-state index < -0.39 is 17.8 Å². The van der Waals surface area contributed by atoms with Crippen molar-refractivity contribution in [2.75, 3.05) is 16.8 Å². The number of carbonyl (C=O) groups is 2. The summed E-state index contributed by atoms with van der Waals surface area (Å²) in [6, 6.07) is 2.73. The molecule has 1 saturated heterocycles. The Morgan fingerprint density at radius 1 is 1.40 bits per heavy atom. The lowest BCUT2D eigenvalue weighted by Crippen LogP contribution is -2.41. The maximum absolute atomic E-state index is 13.2. The van der Waals surface area contributed by atoms with Crippen LogP contribution in [0.1, 0.15) is 23.2 Å². The molecule has 1 unspecified atom stereocenters. The van der Waals surface area contributed by atoms with Crippen LogP contribution in [0.2, 0.25) is 0 Å². The number of hydrogen-bond donors (Lipinski definition) is 3. The van der Waals surface area contributed by atoms with Gasteiger partial charge in [0.1, 0.15) is 5.82 Å². The first-order chi connectivity index (χ1) is 9.56. The van der Waals surface area contributed by atoms with Crippen molar-refractivity contribution in [1.29, 1.82) is 0 Å².